The third-order valence-electron chi connectivity index (χ3n) is 6.13. The van der Waals surface area contributed by atoms with Crippen LogP contribution in [0.4, 0.5) is 0 Å². The van der Waals surface area contributed by atoms with Crippen molar-refractivity contribution in [1.29, 1.82) is 0 Å². The highest BCUT2D eigenvalue weighted by molar-refractivity contribution is 5.94. The van der Waals surface area contributed by atoms with Gasteiger partial charge in [0.15, 0.2) is 0 Å². The molecule has 0 N–H and O–H groups in total. The zero-order valence-corrected chi connectivity index (χ0v) is 23.8. The van der Waals surface area contributed by atoms with Gasteiger partial charge in [-0.2, -0.15) is 0 Å². The van der Waals surface area contributed by atoms with E-state index < -0.39 is 35.8 Å². The van der Waals surface area contributed by atoms with Crippen LogP contribution in [0.25, 0.3) is 0 Å². The first-order valence-electron chi connectivity index (χ1n) is 13.5. The lowest BCUT2D eigenvalue weighted by Crippen LogP contribution is -2.30. The fraction of sp³-hybridized carbons (Fsp3) is 0.467. The molecule has 0 radical (unpaired) electrons. The molecule has 1 saturated carbocycles. The summed E-state index contributed by atoms with van der Waals surface area (Å²) in [6, 6.07) is 3.89. The van der Waals surface area contributed by atoms with Crippen molar-refractivity contribution in [3.8, 4) is 11.5 Å². The summed E-state index contributed by atoms with van der Waals surface area (Å²) in [6.45, 7) is 9.36. The summed E-state index contributed by atoms with van der Waals surface area (Å²) >= 11 is 0. The van der Waals surface area contributed by atoms with E-state index in [-0.39, 0.29) is 61.0 Å². The lowest BCUT2D eigenvalue weighted by molar-refractivity contribution is -0.152. The topological polar surface area (TPSA) is 158 Å². The molecule has 0 aromatic heterocycles. The summed E-state index contributed by atoms with van der Waals surface area (Å²) < 4.78 is 30.8. The molecule has 0 bridgehead atoms. The van der Waals surface area contributed by atoms with E-state index in [1.54, 1.807) is 0 Å². The SMILES string of the molecule is C=CC(=O)OCCCCOC(=O)C1CCC(C(=O)Oc2ccc(OC(C)=O)cc2C(=O)OCCOC(=O)C(=C)C)CC1. The molecule has 12 nitrogen and oxygen atoms in total. The lowest BCUT2D eigenvalue weighted by Gasteiger charge is -2.26. The second-order valence-electron chi connectivity index (χ2n) is 9.52. The molecule has 1 aliphatic rings. The van der Waals surface area contributed by atoms with Gasteiger partial charge >= 0.3 is 35.8 Å². The Bertz CT molecular complexity index is 1180. The van der Waals surface area contributed by atoms with Gasteiger partial charge in [-0.25, -0.2) is 14.4 Å². The standard InChI is InChI=1S/C30H36O12/c1-5-26(32)37-14-6-7-15-38-28(34)21-8-10-22(11-9-21)29(35)42-25-13-12-23(41-20(4)31)18-24(25)30(36)40-17-16-39-27(33)19(2)3/h5,12-13,18,21-22H,1-2,6-11,14-17H2,3-4H3. The Labute approximate surface area is 243 Å². The Kier molecular flexibility index (Phi) is 13.9. The maximum atomic E-state index is 12.9. The summed E-state index contributed by atoms with van der Waals surface area (Å²) in [6.07, 6.45) is 3.79. The Morgan fingerprint density at radius 2 is 1.38 bits per heavy atom. The number of unbranched alkanes of at least 4 members (excludes halogenated alkanes) is 1. The van der Waals surface area contributed by atoms with Gasteiger partial charge in [-0.3, -0.25) is 14.4 Å². The van der Waals surface area contributed by atoms with E-state index in [4.69, 9.17) is 28.4 Å². The molecule has 2 rings (SSSR count). The highest BCUT2D eigenvalue weighted by Gasteiger charge is 2.32. The highest BCUT2D eigenvalue weighted by Crippen LogP contribution is 2.32. The molecule has 1 aromatic rings. The monoisotopic (exact) mass is 588 g/mol. The number of carbonyl (C=O) groups excluding carboxylic acids is 6. The first-order chi connectivity index (χ1) is 20.0. The van der Waals surface area contributed by atoms with Crippen LogP contribution in [0.3, 0.4) is 0 Å². The maximum Gasteiger partial charge on any atom is 0.342 e. The van der Waals surface area contributed by atoms with Gasteiger partial charge in [0.25, 0.3) is 0 Å². The van der Waals surface area contributed by atoms with Crippen molar-refractivity contribution in [3.63, 3.8) is 0 Å². The van der Waals surface area contributed by atoms with E-state index in [0.717, 1.165) is 6.08 Å². The molecule has 1 aromatic carbocycles. The fourth-order valence-corrected chi connectivity index (χ4v) is 3.94. The van der Waals surface area contributed by atoms with Gasteiger partial charge in [0.05, 0.1) is 25.0 Å². The normalized spacial score (nSPS) is 15.9. The van der Waals surface area contributed by atoms with E-state index in [1.165, 1.54) is 32.0 Å². The molecule has 228 valence electrons. The van der Waals surface area contributed by atoms with Crippen LogP contribution < -0.4 is 9.47 Å². The van der Waals surface area contributed by atoms with Crippen molar-refractivity contribution in [2.45, 2.75) is 52.4 Å². The van der Waals surface area contributed by atoms with E-state index in [9.17, 15) is 28.8 Å². The van der Waals surface area contributed by atoms with E-state index >= 15 is 0 Å². The van der Waals surface area contributed by atoms with Gasteiger partial charge in [-0.05, 0) is 63.6 Å². The molecule has 0 aliphatic heterocycles. The predicted octanol–water partition coefficient (Wildman–Crippen LogP) is 3.65. The van der Waals surface area contributed by atoms with Gasteiger partial charge < -0.3 is 28.4 Å². The molecule has 0 unspecified atom stereocenters. The lowest BCUT2D eigenvalue weighted by atomic mass is 9.82. The third kappa shape index (κ3) is 11.6. The van der Waals surface area contributed by atoms with Crippen LogP contribution in [-0.4, -0.2) is 62.2 Å². The van der Waals surface area contributed by atoms with E-state index in [0.29, 0.717) is 38.5 Å². The van der Waals surface area contributed by atoms with E-state index in [1.807, 2.05) is 0 Å². The van der Waals surface area contributed by atoms with Crippen molar-refractivity contribution in [3.05, 3.63) is 48.6 Å². The number of hydrogen-bond acceptors (Lipinski definition) is 12. The minimum absolute atomic E-state index is 0.0414. The number of benzene rings is 1. The van der Waals surface area contributed by atoms with Gasteiger partial charge in [0.1, 0.15) is 30.3 Å². The molecule has 12 heteroatoms. The molecule has 0 amide bonds. The Morgan fingerprint density at radius 1 is 0.786 bits per heavy atom. The summed E-state index contributed by atoms with van der Waals surface area (Å²) in [7, 11) is 0. The van der Waals surface area contributed by atoms with Crippen molar-refractivity contribution < 1.29 is 57.2 Å². The number of hydrogen-bond donors (Lipinski definition) is 0. The second-order valence-corrected chi connectivity index (χ2v) is 9.52. The van der Waals surface area contributed by atoms with Gasteiger partial charge in [-0.15, -0.1) is 0 Å². The average Bonchev–Trinajstić information content (AvgIpc) is 2.96. The summed E-state index contributed by atoms with van der Waals surface area (Å²) in [5, 5.41) is 0. The van der Waals surface area contributed by atoms with Gasteiger partial charge in [-0.1, -0.05) is 13.2 Å². The summed E-state index contributed by atoms with van der Waals surface area (Å²) in [4.78, 5) is 72.0. The Morgan fingerprint density at radius 3 is 1.98 bits per heavy atom. The fourth-order valence-electron chi connectivity index (χ4n) is 3.94. The molecule has 0 saturated heterocycles. The maximum absolute atomic E-state index is 12.9. The molecule has 0 atom stereocenters. The zero-order valence-electron chi connectivity index (χ0n) is 23.8. The molecule has 1 aliphatic carbocycles. The van der Waals surface area contributed by atoms with Crippen molar-refractivity contribution in [2.24, 2.45) is 11.8 Å². The molecular weight excluding hydrogens is 552 g/mol. The smallest absolute Gasteiger partial charge is 0.342 e. The molecule has 1 fully saturated rings. The number of esters is 6. The molecule has 42 heavy (non-hydrogen) atoms. The number of ether oxygens (including phenoxy) is 6. The zero-order chi connectivity index (χ0) is 31.1. The first kappa shape index (κ1) is 33.7. The van der Waals surface area contributed by atoms with Crippen LogP contribution in [0.2, 0.25) is 0 Å². The predicted molar refractivity (Wildman–Crippen MR) is 146 cm³/mol. The molecular formula is C30H36O12. The summed E-state index contributed by atoms with van der Waals surface area (Å²) in [5.74, 6) is -4.48. The third-order valence-corrected chi connectivity index (χ3v) is 6.13. The van der Waals surface area contributed by atoms with Crippen LogP contribution in [0, 0.1) is 11.8 Å². The van der Waals surface area contributed by atoms with Gasteiger partial charge in [0, 0.05) is 18.6 Å². The minimum atomic E-state index is -0.886. The largest absolute Gasteiger partial charge is 0.465 e. The van der Waals surface area contributed by atoms with Crippen LogP contribution >= 0.6 is 0 Å². The van der Waals surface area contributed by atoms with Crippen LogP contribution in [-0.2, 0) is 42.9 Å². The van der Waals surface area contributed by atoms with Crippen LogP contribution in [0.5, 0.6) is 11.5 Å². The quantitative estimate of drug-likeness (QED) is 0.0964. The van der Waals surface area contributed by atoms with Crippen molar-refractivity contribution in [2.75, 3.05) is 26.4 Å². The minimum Gasteiger partial charge on any atom is -0.465 e. The van der Waals surface area contributed by atoms with Crippen molar-refractivity contribution >= 4 is 35.8 Å². The number of carbonyl (C=O) groups is 6. The summed E-state index contributed by atoms with van der Waals surface area (Å²) in [5.41, 5.74) is 0.0288. The molecule has 0 spiro atoms. The van der Waals surface area contributed by atoms with Gasteiger partial charge in [0.2, 0.25) is 0 Å². The number of rotatable bonds is 15. The van der Waals surface area contributed by atoms with E-state index in [2.05, 4.69) is 13.2 Å². The van der Waals surface area contributed by atoms with Crippen molar-refractivity contribution in [1.82, 2.24) is 0 Å². The Hall–Kier alpha value is -4.48. The van der Waals surface area contributed by atoms with Crippen LogP contribution in [0.15, 0.2) is 43.0 Å². The first-order valence-corrected chi connectivity index (χ1v) is 13.5. The Balaban J connectivity index is 1.89. The molecule has 0 heterocycles. The van der Waals surface area contributed by atoms with Crippen LogP contribution in [0.1, 0.15) is 62.7 Å². The average molecular weight is 589 g/mol. The highest BCUT2D eigenvalue weighted by atomic mass is 16.6. The second kappa shape index (κ2) is 17.4.